The van der Waals surface area contributed by atoms with Gasteiger partial charge < -0.3 is 39.8 Å². The van der Waals surface area contributed by atoms with E-state index in [0.29, 0.717) is 56.4 Å². The van der Waals surface area contributed by atoms with E-state index in [2.05, 4.69) is 10.6 Å². The van der Waals surface area contributed by atoms with E-state index in [1.807, 2.05) is 60.7 Å². The minimum atomic E-state index is -1.86. The molecule has 0 bridgehead atoms. The van der Waals surface area contributed by atoms with Gasteiger partial charge in [-0.05, 0) is 95.8 Å². The van der Waals surface area contributed by atoms with Crippen molar-refractivity contribution in [2.24, 2.45) is 5.41 Å². The Bertz CT molecular complexity index is 2040. The summed E-state index contributed by atoms with van der Waals surface area (Å²) in [6, 6.07) is 43.8. The van der Waals surface area contributed by atoms with Crippen LogP contribution >= 0.6 is 0 Å². The summed E-state index contributed by atoms with van der Waals surface area (Å²) in [6.07, 6.45) is 0. The van der Waals surface area contributed by atoms with Gasteiger partial charge in [0.2, 0.25) is 11.8 Å². The van der Waals surface area contributed by atoms with Crippen molar-refractivity contribution in [3.8, 4) is 23.0 Å². The third-order valence-electron chi connectivity index (χ3n) is 10.9. The van der Waals surface area contributed by atoms with Gasteiger partial charge in [0, 0.05) is 0 Å². The fourth-order valence-electron chi connectivity index (χ4n) is 7.26. The van der Waals surface area contributed by atoms with Crippen molar-refractivity contribution in [1.29, 1.82) is 0 Å². The van der Waals surface area contributed by atoms with E-state index >= 15 is 0 Å². The first kappa shape index (κ1) is 42.0. The Hall–Kier alpha value is -6.62. The van der Waals surface area contributed by atoms with Crippen molar-refractivity contribution in [3.05, 3.63) is 191 Å². The molecule has 0 radical (unpaired) electrons. The lowest BCUT2D eigenvalue weighted by Crippen LogP contribution is -2.55. The zero-order chi connectivity index (χ0) is 42.2. The molecule has 0 spiro atoms. The van der Waals surface area contributed by atoms with Crippen molar-refractivity contribution in [2.75, 3.05) is 28.4 Å². The molecule has 304 valence electrons. The number of ether oxygens (including phenoxy) is 4. The van der Waals surface area contributed by atoms with Crippen LogP contribution in [0.2, 0.25) is 0 Å². The molecule has 6 rings (SSSR count). The molecule has 0 aliphatic heterocycles. The number of nitrogens with one attached hydrogen (secondary N) is 2. The lowest BCUT2D eigenvalue weighted by molar-refractivity contribution is -0.144. The van der Waals surface area contributed by atoms with Crippen molar-refractivity contribution >= 4 is 11.8 Å². The van der Waals surface area contributed by atoms with Gasteiger partial charge in [-0.3, -0.25) is 9.59 Å². The number of carbonyl (C=O) groups is 2. The highest BCUT2D eigenvalue weighted by atomic mass is 16.5. The first-order valence-corrected chi connectivity index (χ1v) is 19.1. The molecule has 10 nitrogen and oxygen atoms in total. The Morgan fingerprint density at radius 1 is 0.424 bits per heavy atom. The van der Waals surface area contributed by atoms with Gasteiger partial charge in [-0.15, -0.1) is 0 Å². The quantitative estimate of drug-likeness (QED) is 0.0735. The second kappa shape index (κ2) is 17.9. The van der Waals surface area contributed by atoms with Crippen molar-refractivity contribution in [2.45, 2.75) is 37.1 Å². The molecule has 0 aliphatic rings. The molecular formula is C49H50N2O8. The van der Waals surface area contributed by atoms with E-state index in [0.717, 1.165) is 0 Å². The number of carbonyl (C=O) groups excluding carboxylic acids is 2. The predicted molar refractivity (Wildman–Crippen MR) is 226 cm³/mol. The maximum Gasteiger partial charge on any atom is 0.235 e. The van der Waals surface area contributed by atoms with Gasteiger partial charge in [-0.25, -0.2) is 0 Å². The molecule has 0 saturated heterocycles. The molecular weight excluding hydrogens is 745 g/mol. The summed E-state index contributed by atoms with van der Waals surface area (Å²) in [5.41, 5.74) is -2.46. The molecule has 6 aromatic carbocycles. The van der Waals surface area contributed by atoms with Crippen LogP contribution in [0.5, 0.6) is 23.0 Å². The Kier molecular flexibility index (Phi) is 12.7. The average molecular weight is 795 g/mol. The monoisotopic (exact) mass is 794 g/mol. The van der Waals surface area contributed by atoms with E-state index in [4.69, 9.17) is 18.9 Å². The van der Waals surface area contributed by atoms with Gasteiger partial charge >= 0.3 is 0 Å². The molecule has 0 fully saturated rings. The average Bonchev–Trinajstić information content (AvgIpc) is 3.29. The third-order valence-corrected chi connectivity index (χ3v) is 10.9. The predicted octanol–water partition coefficient (Wildman–Crippen LogP) is 7.63. The van der Waals surface area contributed by atoms with E-state index in [1.165, 1.54) is 13.8 Å². The number of rotatable bonds is 16. The van der Waals surface area contributed by atoms with Crippen LogP contribution in [-0.4, -0.2) is 50.5 Å². The molecule has 0 aromatic heterocycles. The Balaban J connectivity index is 1.43. The second-order valence-corrected chi connectivity index (χ2v) is 14.7. The normalized spacial score (nSPS) is 12.7. The van der Waals surface area contributed by atoms with Crippen molar-refractivity contribution in [1.82, 2.24) is 10.6 Å². The molecule has 0 aliphatic carbocycles. The molecule has 2 unspecified atom stereocenters. The van der Waals surface area contributed by atoms with E-state index in [1.54, 1.807) is 126 Å². The number of benzene rings is 6. The molecule has 0 heterocycles. The fourth-order valence-corrected chi connectivity index (χ4v) is 7.26. The van der Waals surface area contributed by atoms with Crippen LogP contribution in [0.1, 0.15) is 59.3 Å². The SMILES string of the molecule is COc1ccc(C(O)(c2ccc(OC)cc2)C(NC(=O)C(C)(C)C(=O)NC(c2ccccc2)C(O)(c2ccc(OC)cc2)c2ccc(OC)cc2)c2ccccc2)cc1. The molecule has 4 N–H and O–H groups in total. The minimum Gasteiger partial charge on any atom is -0.497 e. The summed E-state index contributed by atoms with van der Waals surface area (Å²) in [5.74, 6) is 0.992. The number of hydrogen-bond donors (Lipinski definition) is 4. The van der Waals surface area contributed by atoms with Gasteiger partial charge in [-0.2, -0.15) is 0 Å². The number of methoxy groups -OCH3 is 4. The zero-order valence-electron chi connectivity index (χ0n) is 34.0. The number of aliphatic hydroxyl groups is 2. The Morgan fingerprint density at radius 3 is 0.881 bits per heavy atom. The Morgan fingerprint density at radius 2 is 0.661 bits per heavy atom. The van der Waals surface area contributed by atoms with Crippen LogP contribution in [0.4, 0.5) is 0 Å². The van der Waals surface area contributed by atoms with Crippen LogP contribution in [-0.2, 0) is 20.8 Å². The number of hydrogen-bond acceptors (Lipinski definition) is 8. The van der Waals surface area contributed by atoms with Crippen LogP contribution in [0, 0.1) is 5.41 Å². The summed E-state index contributed by atoms with van der Waals surface area (Å²) in [4.78, 5) is 29.7. The summed E-state index contributed by atoms with van der Waals surface area (Å²) in [7, 11) is 6.23. The molecule has 59 heavy (non-hydrogen) atoms. The van der Waals surface area contributed by atoms with Crippen LogP contribution in [0.3, 0.4) is 0 Å². The standard InChI is InChI=1S/C49H50N2O8/c1-47(2,45(52)50-43(33-13-9-7-10-14-33)48(54,35-17-25-39(56-3)26-18-35)36-19-27-40(57-4)28-20-36)46(53)51-44(34-15-11-8-12-16-34)49(55,37-21-29-41(58-5)30-22-37)38-23-31-42(59-6)32-24-38/h7-32,43-44,54-55H,1-6H3,(H,50,52)(H,51,53). The van der Waals surface area contributed by atoms with E-state index in [9.17, 15) is 19.8 Å². The van der Waals surface area contributed by atoms with Gasteiger partial charge in [0.1, 0.15) is 39.6 Å². The molecule has 10 heteroatoms. The molecule has 0 saturated carbocycles. The lowest BCUT2D eigenvalue weighted by atomic mass is 9.76. The first-order chi connectivity index (χ1) is 28.4. The topological polar surface area (TPSA) is 136 Å². The minimum absolute atomic E-state index is 0.466. The highest BCUT2D eigenvalue weighted by molar-refractivity contribution is 6.04. The maximum atomic E-state index is 14.8. The maximum absolute atomic E-state index is 14.8. The third kappa shape index (κ3) is 8.50. The summed E-state index contributed by atoms with van der Waals surface area (Å²) < 4.78 is 21.7. The highest BCUT2D eigenvalue weighted by Gasteiger charge is 2.48. The highest BCUT2D eigenvalue weighted by Crippen LogP contribution is 2.45. The molecule has 6 aromatic rings. The second-order valence-electron chi connectivity index (χ2n) is 14.7. The van der Waals surface area contributed by atoms with Crippen LogP contribution < -0.4 is 29.6 Å². The Labute approximate surface area is 345 Å². The summed E-state index contributed by atoms with van der Waals surface area (Å²) in [5, 5.41) is 32.4. The van der Waals surface area contributed by atoms with Crippen LogP contribution in [0.15, 0.2) is 158 Å². The summed E-state index contributed by atoms with van der Waals surface area (Å²) in [6.45, 7) is 3.03. The smallest absolute Gasteiger partial charge is 0.235 e. The van der Waals surface area contributed by atoms with Gasteiger partial charge in [-0.1, -0.05) is 109 Å². The van der Waals surface area contributed by atoms with Gasteiger partial charge in [0.25, 0.3) is 0 Å². The molecule has 2 amide bonds. The van der Waals surface area contributed by atoms with Gasteiger partial charge in [0.05, 0.1) is 40.5 Å². The zero-order valence-corrected chi connectivity index (χ0v) is 34.0. The fraction of sp³-hybridized carbons (Fsp3) is 0.224. The lowest BCUT2D eigenvalue weighted by Gasteiger charge is -2.41. The first-order valence-electron chi connectivity index (χ1n) is 19.1. The van der Waals surface area contributed by atoms with Crippen LogP contribution in [0.25, 0.3) is 0 Å². The largest absolute Gasteiger partial charge is 0.497 e. The molecule has 2 atom stereocenters. The van der Waals surface area contributed by atoms with Crippen molar-refractivity contribution in [3.63, 3.8) is 0 Å². The summed E-state index contributed by atoms with van der Waals surface area (Å²) >= 11 is 0. The number of amides is 2. The van der Waals surface area contributed by atoms with E-state index < -0.39 is 40.5 Å². The van der Waals surface area contributed by atoms with Crippen molar-refractivity contribution < 1.29 is 38.7 Å². The van der Waals surface area contributed by atoms with Gasteiger partial charge in [0.15, 0.2) is 0 Å². The van der Waals surface area contributed by atoms with E-state index in [-0.39, 0.29) is 0 Å².